The van der Waals surface area contributed by atoms with Crippen molar-refractivity contribution in [3.05, 3.63) is 60.2 Å². The molecule has 2 aromatic rings. The summed E-state index contributed by atoms with van der Waals surface area (Å²) >= 11 is 0. The van der Waals surface area contributed by atoms with E-state index in [1.807, 2.05) is 48.5 Å². The van der Waals surface area contributed by atoms with E-state index in [9.17, 15) is 9.59 Å². The fourth-order valence-electron chi connectivity index (χ4n) is 2.71. The Balaban J connectivity index is 2.45. The van der Waals surface area contributed by atoms with Crippen LogP contribution in [0.3, 0.4) is 0 Å². The van der Waals surface area contributed by atoms with Crippen molar-refractivity contribution < 1.29 is 23.8 Å². The first-order chi connectivity index (χ1) is 13.5. The molecular formula is C23H26O5. The Bertz CT molecular complexity index is 821. The summed E-state index contributed by atoms with van der Waals surface area (Å²) in [6.45, 7) is 5.23. The number of rotatable bonds is 8. The van der Waals surface area contributed by atoms with Gasteiger partial charge in [0.05, 0.1) is 20.3 Å². The summed E-state index contributed by atoms with van der Waals surface area (Å²) in [5, 5.41) is 0. The van der Waals surface area contributed by atoms with E-state index in [0.29, 0.717) is 5.75 Å². The van der Waals surface area contributed by atoms with E-state index in [4.69, 9.17) is 14.2 Å². The van der Waals surface area contributed by atoms with Crippen molar-refractivity contribution in [2.24, 2.45) is 5.41 Å². The Kier molecular flexibility index (Phi) is 7.38. The van der Waals surface area contributed by atoms with E-state index in [0.717, 1.165) is 16.7 Å². The van der Waals surface area contributed by atoms with Crippen molar-refractivity contribution in [3.8, 4) is 16.9 Å². The molecule has 0 unspecified atom stereocenters. The minimum atomic E-state index is -1.54. The molecule has 148 valence electrons. The first-order valence-corrected chi connectivity index (χ1v) is 9.23. The molecule has 0 heterocycles. The molecule has 0 saturated heterocycles. The minimum Gasteiger partial charge on any atom is -0.496 e. The molecular weight excluding hydrogens is 356 g/mol. The van der Waals surface area contributed by atoms with E-state index < -0.39 is 17.4 Å². The third-order valence-corrected chi connectivity index (χ3v) is 4.33. The fourth-order valence-corrected chi connectivity index (χ4v) is 2.71. The summed E-state index contributed by atoms with van der Waals surface area (Å²) in [5.74, 6) is -0.670. The van der Waals surface area contributed by atoms with Crippen LogP contribution in [0.5, 0.6) is 5.75 Å². The van der Waals surface area contributed by atoms with Gasteiger partial charge in [-0.2, -0.15) is 0 Å². The zero-order valence-electron chi connectivity index (χ0n) is 16.7. The van der Waals surface area contributed by atoms with Crippen LogP contribution in [-0.4, -0.2) is 32.3 Å². The van der Waals surface area contributed by atoms with E-state index in [-0.39, 0.29) is 13.2 Å². The summed E-state index contributed by atoms with van der Waals surface area (Å²) in [5.41, 5.74) is 1.25. The van der Waals surface area contributed by atoms with Gasteiger partial charge in [-0.25, -0.2) is 0 Å². The number of carbonyl (C=O) groups excluding carboxylic acids is 2. The molecule has 2 aromatic carbocycles. The van der Waals surface area contributed by atoms with Gasteiger partial charge in [0, 0.05) is 5.56 Å². The van der Waals surface area contributed by atoms with Crippen LogP contribution >= 0.6 is 0 Å². The van der Waals surface area contributed by atoms with Crippen LogP contribution in [0.2, 0.25) is 0 Å². The largest absolute Gasteiger partial charge is 0.496 e. The highest BCUT2D eigenvalue weighted by Gasteiger charge is 2.42. The molecule has 0 radical (unpaired) electrons. The molecule has 28 heavy (non-hydrogen) atoms. The summed E-state index contributed by atoms with van der Waals surface area (Å²) < 4.78 is 15.6. The molecule has 5 heteroatoms. The quantitative estimate of drug-likeness (QED) is 0.497. The normalized spacial score (nSPS) is 11.3. The van der Waals surface area contributed by atoms with Crippen LogP contribution < -0.4 is 4.74 Å². The van der Waals surface area contributed by atoms with Crippen LogP contribution in [0.25, 0.3) is 17.2 Å². The predicted molar refractivity (Wildman–Crippen MR) is 109 cm³/mol. The standard InChI is InChI=1S/C23H26O5/c1-5-27-21(24)23(3,22(25)28-6-2)15-14-19-16-18(12-13-20(19)26-4)17-10-8-7-9-11-17/h7-16H,5-6H2,1-4H3/b15-14+. The van der Waals surface area contributed by atoms with Gasteiger partial charge >= 0.3 is 11.9 Å². The number of esters is 2. The van der Waals surface area contributed by atoms with Crippen molar-refractivity contribution in [2.75, 3.05) is 20.3 Å². The average molecular weight is 382 g/mol. The molecule has 0 spiro atoms. The molecule has 0 atom stereocenters. The summed E-state index contributed by atoms with van der Waals surface area (Å²) in [7, 11) is 1.57. The number of hydrogen-bond donors (Lipinski definition) is 0. The number of carbonyl (C=O) groups is 2. The number of ether oxygens (including phenoxy) is 3. The van der Waals surface area contributed by atoms with Crippen molar-refractivity contribution in [2.45, 2.75) is 20.8 Å². The van der Waals surface area contributed by atoms with Crippen LogP contribution in [-0.2, 0) is 19.1 Å². The lowest BCUT2D eigenvalue weighted by Crippen LogP contribution is -2.37. The molecule has 0 amide bonds. The van der Waals surface area contributed by atoms with Gasteiger partial charge in [-0.15, -0.1) is 0 Å². The lowest BCUT2D eigenvalue weighted by Gasteiger charge is -2.21. The van der Waals surface area contributed by atoms with Crippen molar-refractivity contribution >= 4 is 18.0 Å². The average Bonchev–Trinajstić information content (AvgIpc) is 2.72. The SMILES string of the molecule is CCOC(=O)C(C)(/C=C/c1cc(-c2ccccc2)ccc1OC)C(=O)OCC. The summed E-state index contributed by atoms with van der Waals surface area (Å²) in [6, 6.07) is 15.7. The lowest BCUT2D eigenvalue weighted by molar-refractivity contribution is -0.166. The Hall–Kier alpha value is -3.08. The van der Waals surface area contributed by atoms with Gasteiger partial charge in [-0.1, -0.05) is 48.6 Å². The maximum atomic E-state index is 12.4. The zero-order chi connectivity index (χ0) is 20.6. The topological polar surface area (TPSA) is 61.8 Å². The number of methoxy groups -OCH3 is 1. The van der Waals surface area contributed by atoms with E-state index >= 15 is 0 Å². The van der Waals surface area contributed by atoms with Crippen molar-refractivity contribution in [3.63, 3.8) is 0 Å². The Labute approximate surface area is 165 Å². The zero-order valence-corrected chi connectivity index (χ0v) is 16.7. The summed E-state index contributed by atoms with van der Waals surface area (Å²) in [6.07, 6.45) is 3.20. The van der Waals surface area contributed by atoms with Gasteiger partial charge in [-0.05, 0) is 44.0 Å². The van der Waals surface area contributed by atoms with Crippen LogP contribution in [0, 0.1) is 5.41 Å². The van der Waals surface area contributed by atoms with Gasteiger partial charge in [0.1, 0.15) is 5.75 Å². The molecule has 0 saturated carbocycles. The molecule has 0 aliphatic heterocycles. The molecule has 2 rings (SSSR count). The number of benzene rings is 2. The Morgan fingerprint density at radius 2 is 1.54 bits per heavy atom. The first kappa shape index (κ1) is 21.2. The van der Waals surface area contributed by atoms with Crippen molar-refractivity contribution in [1.82, 2.24) is 0 Å². The second-order valence-corrected chi connectivity index (χ2v) is 6.30. The molecule has 0 aliphatic rings. The molecule has 0 N–H and O–H groups in total. The fraction of sp³-hybridized carbons (Fsp3) is 0.304. The number of hydrogen-bond acceptors (Lipinski definition) is 5. The molecule has 0 fully saturated rings. The second-order valence-electron chi connectivity index (χ2n) is 6.30. The maximum Gasteiger partial charge on any atom is 0.327 e. The van der Waals surface area contributed by atoms with Crippen LogP contribution in [0.15, 0.2) is 54.6 Å². The molecule has 0 bridgehead atoms. The third kappa shape index (κ3) is 4.80. The van der Waals surface area contributed by atoms with Gasteiger partial charge < -0.3 is 14.2 Å². The highest BCUT2D eigenvalue weighted by atomic mass is 16.6. The third-order valence-electron chi connectivity index (χ3n) is 4.33. The molecule has 0 aromatic heterocycles. The second kappa shape index (κ2) is 9.74. The van der Waals surface area contributed by atoms with Crippen molar-refractivity contribution in [1.29, 1.82) is 0 Å². The monoisotopic (exact) mass is 382 g/mol. The van der Waals surface area contributed by atoms with E-state index in [1.54, 1.807) is 27.0 Å². The highest BCUT2D eigenvalue weighted by Crippen LogP contribution is 2.30. The van der Waals surface area contributed by atoms with E-state index in [1.165, 1.54) is 13.0 Å². The van der Waals surface area contributed by atoms with Gasteiger partial charge in [0.25, 0.3) is 0 Å². The molecule has 5 nitrogen and oxygen atoms in total. The molecule has 0 aliphatic carbocycles. The van der Waals surface area contributed by atoms with E-state index in [2.05, 4.69) is 0 Å². The maximum absolute atomic E-state index is 12.4. The van der Waals surface area contributed by atoms with Gasteiger partial charge in [0.2, 0.25) is 0 Å². The Morgan fingerprint density at radius 3 is 2.07 bits per heavy atom. The van der Waals surface area contributed by atoms with Gasteiger partial charge in [-0.3, -0.25) is 9.59 Å². The van der Waals surface area contributed by atoms with Crippen LogP contribution in [0.1, 0.15) is 26.3 Å². The van der Waals surface area contributed by atoms with Gasteiger partial charge in [0.15, 0.2) is 5.41 Å². The predicted octanol–water partition coefficient (Wildman–Crippen LogP) is 4.51. The smallest absolute Gasteiger partial charge is 0.327 e. The van der Waals surface area contributed by atoms with Crippen LogP contribution in [0.4, 0.5) is 0 Å². The first-order valence-electron chi connectivity index (χ1n) is 9.23. The lowest BCUT2D eigenvalue weighted by atomic mass is 9.89. The minimum absolute atomic E-state index is 0.175. The summed E-state index contributed by atoms with van der Waals surface area (Å²) in [4.78, 5) is 24.9. The highest BCUT2D eigenvalue weighted by molar-refractivity contribution is 6.02. The Morgan fingerprint density at radius 1 is 0.929 bits per heavy atom.